The lowest BCUT2D eigenvalue weighted by Gasteiger charge is -2.27. The van der Waals surface area contributed by atoms with E-state index in [9.17, 15) is 31.9 Å². The van der Waals surface area contributed by atoms with Gasteiger partial charge in [-0.25, -0.2) is 22.0 Å². The smallest absolute Gasteiger partial charge is 0.407 e. The molecule has 0 aliphatic heterocycles. The second kappa shape index (κ2) is 13.0. The van der Waals surface area contributed by atoms with E-state index in [4.69, 9.17) is 0 Å². The van der Waals surface area contributed by atoms with Gasteiger partial charge < -0.3 is 25.8 Å². The summed E-state index contributed by atoms with van der Waals surface area (Å²) in [5, 5.41) is 18.6. The van der Waals surface area contributed by atoms with E-state index in [0.29, 0.717) is 18.9 Å². The van der Waals surface area contributed by atoms with Crippen molar-refractivity contribution >= 4 is 21.8 Å². The van der Waals surface area contributed by atoms with Crippen LogP contribution >= 0.6 is 0 Å². The highest BCUT2D eigenvalue weighted by atomic mass is 32.2. The van der Waals surface area contributed by atoms with Crippen LogP contribution in [0, 0.1) is 11.6 Å². The van der Waals surface area contributed by atoms with Gasteiger partial charge in [-0.2, -0.15) is 0 Å². The third-order valence-electron chi connectivity index (χ3n) is 5.39. The van der Waals surface area contributed by atoms with Gasteiger partial charge in [0.1, 0.15) is 17.7 Å². The lowest BCUT2D eigenvalue weighted by Crippen LogP contribution is -2.56. The topological polar surface area (TPSA) is 134 Å². The number of carbonyl (C=O) groups excluding carboxylic acids is 2. The molecule has 12 heteroatoms. The summed E-state index contributed by atoms with van der Waals surface area (Å²) in [6.45, 7) is 1.93. The predicted molar refractivity (Wildman–Crippen MR) is 122 cm³/mol. The molecule has 1 saturated carbocycles. The standard InChI is InChI=1S/C22H33F2N3O6S/c1-3-4-7-34(31,32)13-19(27-22(30)33-2)21(29)26-18(20(28)12-25-17-5-6-17)10-14-8-15(23)11-16(24)9-14/h8-9,11,17-20,25,28H,3-7,10,12-13H2,1-2H3,(H,26,29)(H,27,30)/t18-,19+,20+/m0/s1. The minimum Gasteiger partial charge on any atom is -0.453 e. The molecule has 1 aromatic rings. The fraction of sp³-hybridized carbons (Fsp3) is 0.636. The van der Waals surface area contributed by atoms with Gasteiger partial charge in [0.05, 0.1) is 30.8 Å². The zero-order valence-corrected chi connectivity index (χ0v) is 20.2. The minimum atomic E-state index is -3.69. The van der Waals surface area contributed by atoms with Crippen molar-refractivity contribution in [3.8, 4) is 0 Å². The van der Waals surface area contributed by atoms with Crippen LogP contribution in [0.1, 0.15) is 38.2 Å². The van der Waals surface area contributed by atoms with E-state index in [0.717, 1.165) is 32.1 Å². The Kier molecular flexibility index (Phi) is 10.6. The Balaban J connectivity index is 2.20. The molecule has 0 aromatic heterocycles. The summed E-state index contributed by atoms with van der Waals surface area (Å²) < 4.78 is 56.7. The Morgan fingerprint density at radius 2 is 1.82 bits per heavy atom. The van der Waals surface area contributed by atoms with E-state index in [1.54, 1.807) is 0 Å². The van der Waals surface area contributed by atoms with Gasteiger partial charge in [0.15, 0.2) is 9.84 Å². The van der Waals surface area contributed by atoms with E-state index in [2.05, 4.69) is 20.7 Å². The molecule has 4 N–H and O–H groups in total. The lowest BCUT2D eigenvalue weighted by atomic mass is 10.00. The number of unbranched alkanes of at least 4 members (excludes halogenated alkanes) is 1. The Morgan fingerprint density at radius 3 is 2.38 bits per heavy atom. The average Bonchev–Trinajstić information content (AvgIpc) is 3.58. The van der Waals surface area contributed by atoms with Crippen LogP contribution in [-0.4, -0.2) is 74.9 Å². The average molecular weight is 506 g/mol. The molecule has 1 aliphatic rings. The summed E-state index contributed by atoms with van der Waals surface area (Å²) in [4.78, 5) is 24.8. The van der Waals surface area contributed by atoms with Gasteiger partial charge in [0, 0.05) is 18.7 Å². The summed E-state index contributed by atoms with van der Waals surface area (Å²) in [6, 6.07) is 0.644. The van der Waals surface area contributed by atoms with E-state index in [1.165, 1.54) is 0 Å². The van der Waals surface area contributed by atoms with Crippen molar-refractivity contribution in [1.82, 2.24) is 16.0 Å². The number of nitrogens with one attached hydrogen (secondary N) is 3. The van der Waals surface area contributed by atoms with Gasteiger partial charge in [-0.1, -0.05) is 13.3 Å². The maximum atomic E-state index is 13.7. The first-order chi connectivity index (χ1) is 16.0. The number of aliphatic hydroxyl groups is 1. The molecule has 0 spiro atoms. The molecule has 192 valence electrons. The molecular formula is C22H33F2N3O6S. The van der Waals surface area contributed by atoms with Gasteiger partial charge >= 0.3 is 6.09 Å². The first-order valence-electron chi connectivity index (χ1n) is 11.2. The number of carbonyl (C=O) groups is 2. The van der Waals surface area contributed by atoms with Gasteiger partial charge in [-0.15, -0.1) is 0 Å². The molecule has 1 fully saturated rings. The van der Waals surface area contributed by atoms with Gasteiger partial charge in [0.25, 0.3) is 0 Å². The second-order valence-corrected chi connectivity index (χ2v) is 10.7. The van der Waals surface area contributed by atoms with E-state index in [1.807, 2.05) is 6.92 Å². The molecule has 1 aliphatic carbocycles. The first kappa shape index (κ1) is 27.9. The summed E-state index contributed by atoms with van der Waals surface area (Å²) in [5.74, 6) is -3.30. The Morgan fingerprint density at radius 1 is 1.18 bits per heavy atom. The van der Waals surface area contributed by atoms with Crippen LogP contribution in [0.4, 0.5) is 13.6 Å². The fourth-order valence-corrected chi connectivity index (χ4v) is 4.99. The molecule has 3 atom stereocenters. The van der Waals surface area contributed by atoms with Crippen LogP contribution in [0.15, 0.2) is 18.2 Å². The summed E-state index contributed by atoms with van der Waals surface area (Å²) >= 11 is 0. The van der Waals surface area contributed by atoms with Crippen molar-refractivity contribution < 1.29 is 36.6 Å². The number of methoxy groups -OCH3 is 1. The summed E-state index contributed by atoms with van der Waals surface area (Å²) in [6.07, 6.45) is 0.680. The van der Waals surface area contributed by atoms with Gasteiger partial charge in [-0.3, -0.25) is 4.79 Å². The quantitative estimate of drug-likeness (QED) is 0.297. The molecule has 1 aromatic carbocycles. The highest BCUT2D eigenvalue weighted by Crippen LogP contribution is 2.19. The zero-order chi connectivity index (χ0) is 25.3. The predicted octanol–water partition coefficient (Wildman–Crippen LogP) is 1.04. The Hall–Kier alpha value is -2.31. The van der Waals surface area contributed by atoms with Crippen LogP contribution < -0.4 is 16.0 Å². The zero-order valence-electron chi connectivity index (χ0n) is 19.4. The van der Waals surface area contributed by atoms with E-state index >= 15 is 0 Å². The first-order valence-corrected chi connectivity index (χ1v) is 13.1. The van der Waals surface area contributed by atoms with Crippen molar-refractivity contribution in [2.45, 2.75) is 63.3 Å². The van der Waals surface area contributed by atoms with Crippen molar-refractivity contribution in [1.29, 1.82) is 0 Å². The van der Waals surface area contributed by atoms with E-state index < -0.39 is 57.4 Å². The molecular weight excluding hydrogens is 472 g/mol. The summed E-state index contributed by atoms with van der Waals surface area (Å²) in [7, 11) is -2.61. The maximum absolute atomic E-state index is 13.7. The fourth-order valence-electron chi connectivity index (χ4n) is 3.35. The monoisotopic (exact) mass is 505 g/mol. The lowest BCUT2D eigenvalue weighted by molar-refractivity contribution is -0.124. The highest BCUT2D eigenvalue weighted by Gasteiger charge is 2.32. The largest absolute Gasteiger partial charge is 0.453 e. The number of benzene rings is 1. The number of hydrogen-bond donors (Lipinski definition) is 4. The number of halogens is 2. The maximum Gasteiger partial charge on any atom is 0.407 e. The number of alkyl carbamates (subject to hydrolysis) is 1. The van der Waals surface area contributed by atoms with E-state index in [-0.39, 0.29) is 30.3 Å². The number of sulfone groups is 1. The van der Waals surface area contributed by atoms with Gasteiger partial charge in [0.2, 0.25) is 5.91 Å². The number of hydrogen-bond acceptors (Lipinski definition) is 7. The number of aliphatic hydroxyl groups excluding tert-OH is 1. The van der Waals surface area contributed by atoms with Crippen molar-refractivity contribution in [3.63, 3.8) is 0 Å². The number of rotatable bonds is 14. The van der Waals surface area contributed by atoms with Crippen molar-refractivity contribution in [3.05, 3.63) is 35.4 Å². The van der Waals surface area contributed by atoms with Crippen molar-refractivity contribution in [2.24, 2.45) is 0 Å². The second-order valence-electron chi connectivity index (χ2n) is 8.50. The summed E-state index contributed by atoms with van der Waals surface area (Å²) in [5.41, 5.74) is 0.196. The third kappa shape index (κ3) is 9.90. The molecule has 0 saturated heterocycles. The molecule has 34 heavy (non-hydrogen) atoms. The normalized spacial score (nSPS) is 16.4. The number of amides is 2. The Labute approximate surface area is 198 Å². The number of ether oxygens (including phenoxy) is 1. The van der Waals surface area contributed by atoms with Crippen LogP contribution in [0.3, 0.4) is 0 Å². The van der Waals surface area contributed by atoms with Gasteiger partial charge in [-0.05, 0) is 43.4 Å². The SMILES string of the molecule is CCCCS(=O)(=O)C[C@@H](NC(=O)OC)C(=O)N[C@@H](Cc1cc(F)cc(F)c1)[C@H](O)CNC1CC1. The minimum absolute atomic E-state index is 0.108. The van der Waals surface area contributed by atoms with Crippen molar-refractivity contribution in [2.75, 3.05) is 25.2 Å². The molecule has 0 radical (unpaired) electrons. The molecule has 2 amide bonds. The third-order valence-corrected chi connectivity index (χ3v) is 7.14. The molecule has 0 unspecified atom stereocenters. The molecule has 9 nitrogen and oxygen atoms in total. The molecule has 2 rings (SSSR count). The van der Waals surface area contributed by atoms with Crippen LogP contribution in [0.2, 0.25) is 0 Å². The van der Waals surface area contributed by atoms with Crippen LogP contribution in [0.5, 0.6) is 0 Å². The highest BCUT2D eigenvalue weighted by molar-refractivity contribution is 7.91. The molecule has 0 heterocycles. The van der Waals surface area contributed by atoms with Crippen LogP contribution in [-0.2, 0) is 25.8 Å². The van der Waals surface area contributed by atoms with Crippen LogP contribution in [0.25, 0.3) is 0 Å². The molecule has 0 bridgehead atoms. The Bertz CT molecular complexity index is 922.